The molecular weight excluding hydrogens is 386 g/mol. The molecule has 0 spiro atoms. The Bertz CT molecular complexity index is 919. The number of fused-ring (bicyclic) bond motifs is 2. The number of carbonyl (C=O) groups excluding carboxylic acids is 1. The van der Waals surface area contributed by atoms with Crippen molar-refractivity contribution in [3.8, 4) is 11.1 Å². The lowest BCUT2D eigenvalue weighted by Crippen LogP contribution is -2.43. The maximum Gasteiger partial charge on any atom is 0.303 e. The predicted octanol–water partition coefficient (Wildman–Crippen LogP) is 5.70. The molecule has 2 aromatic rings. The number of carboxylic acids is 1. The van der Waals surface area contributed by atoms with E-state index in [9.17, 15) is 9.59 Å². The van der Waals surface area contributed by atoms with Crippen molar-refractivity contribution >= 4 is 11.9 Å². The van der Waals surface area contributed by atoms with Gasteiger partial charge in [-0.3, -0.25) is 9.59 Å². The van der Waals surface area contributed by atoms with Gasteiger partial charge in [0.1, 0.15) is 0 Å². The van der Waals surface area contributed by atoms with E-state index in [-0.39, 0.29) is 18.4 Å². The van der Waals surface area contributed by atoms with Crippen LogP contribution in [0.5, 0.6) is 0 Å². The number of carbonyl (C=O) groups is 2. The normalized spacial score (nSPS) is 24.5. The van der Waals surface area contributed by atoms with Gasteiger partial charge in [-0.1, -0.05) is 54.6 Å². The van der Waals surface area contributed by atoms with Crippen LogP contribution in [0.25, 0.3) is 11.1 Å². The maximum absolute atomic E-state index is 13.0. The average molecular weight is 418 g/mol. The Hall–Kier alpha value is -2.88. The van der Waals surface area contributed by atoms with Crippen molar-refractivity contribution in [3.05, 3.63) is 72.3 Å². The minimum absolute atomic E-state index is 0.0209. The molecule has 0 radical (unpaired) electrons. The lowest BCUT2D eigenvalue weighted by Gasteiger charge is -2.31. The third-order valence-electron chi connectivity index (χ3n) is 6.98. The SMILES string of the molecule is O=C(O)CCC/C=C\C[C@@H]1[C@@H]2CC[C@@H](C2)[C@H]1NC(=O)c1ccc(-c2ccccc2)cc1. The van der Waals surface area contributed by atoms with Gasteiger partial charge >= 0.3 is 5.97 Å². The van der Waals surface area contributed by atoms with Crippen LogP contribution in [0.4, 0.5) is 0 Å². The molecule has 4 heteroatoms. The van der Waals surface area contributed by atoms with E-state index >= 15 is 0 Å². The Morgan fingerprint density at radius 2 is 1.65 bits per heavy atom. The summed E-state index contributed by atoms with van der Waals surface area (Å²) < 4.78 is 0. The Balaban J connectivity index is 1.35. The van der Waals surface area contributed by atoms with Gasteiger partial charge in [0.05, 0.1) is 0 Å². The van der Waals surface area contributed by atoms with Crippen LogP contribution >= 0.6 is 0 Å². The number of unbranched alkanes of at least 4 members (excludes halogenated alkanes) is 1. The van der Waals surface area contributed by atoms with Gasteiger partial charge in [0, 0.05) is 18.0 Å². The molecule has 2 saturated carbocycles. The molecule has 2 aliphatic carbocycles. The first-order valence-corrected chi connectivity index (χ1v) is 11.4. The third kappa shape index (κ3) is 5.25. The summed E-state index contributed by atoms with van der Waals surface area (Å²) >= 11 is 0. The number of rotatable bonds is 9. The first kappa shape index (κ1) is 21.4. The maximum atomic E-state index is 13.0. The Morgan fingerprint density at radius 3 is 2.39 bits per heavy atom. The molecule has 2 aliphatic rings. The highest BCUT2D eigenvalue weighted by Crippen LogP contribution is 2.50. The number of benzene rings is 2. The van der Waals surface area contributed by atoms with E-state index in [0.29, 0.717) is 29.7 Å². The van der Waals surface area contributed by atoms with Crippen LogP contribution in [0.15, 0.2) is 66.7 Å². The fourth-order valence-corrected chi connectivity index (χ4v) is 5.40. The van der Waals surface area contributed by atoms with Crippen LogP contribution in [0.1, 0.15) is 55.3 Å². The van der Waals surface area contributed by atoms with E-state index in [1.807, 2.05) is 42.5 Å². The average Bonchev–Trinajstić information content (AvgIpc) is 3.39. The van der Waals surface area contributed by atoms with Crippen LogP contribution in [0.2, 0.25) is 0 Å². The molecule has 1 amide bonds. The first-order valence-electron chi connectivity index (χ1n) is 11.4. The third-order valence-corrected chi connectivity index (χ3v) is 6.98. The summed E-state index contributed by atoms with van der Waals surface area (Å²) in [6.07, 6.45) is 10.7. The van der Waals surface area contributed by atoms with E-state index in [0.717, 1.165) is 24.0 Å². The van der Waals surface area contributed by atoms with E-state index < -0.39 is 5.97 Å². The van der Waals surface area contributed by atoms with Gasteiger partial charge in [0.15, 0.2) is 0 Å². The smallest absolute Gasteiger partial charge is 0.303 e. The van der Waals surface area contributed by atoms with Crippen molar-refractivity contribution in [2.75, 3.05) is 0 Å². The van der Waals surface area contributed by atoms with Crippen LogP contribution in [0, 0.1) is 17.8 Å². The van der Waals surface area contributed by atoms with Crippen molar-refractivity contribution in [1.82, 2.24) is 5.32 Å². The molecule has 4 atom stereocenters. The standard InChI is InChI=1S/C27H31NO3/c29-25(30)11-7-2-1-6-10-24-22-16-17-23(18-22)26(24)28-27(31)21-14-12-20(13-15-21)19-8-4-3-5-9-19/h1,3-6,8-9,12-15,22-24,26H,2,7,10-11,16-18H2,(H,28,31)(H,29,30)/b6-1-/t22-,23+,24-,26-/m1/s1. The highest BCUT2D eigenvalue weighted by atomic mass is 16.4. The van der Waals surface area contributed by atoms with E-state index in [1.54, 1.807) is 0 Å². The predicted molar refractivity (Wildman–Crippen MR) is 123 cm³/mol. The molecular formula is C27H31NO3. The lowest BCUT2D eigenvalue weighted by atomic mass is 9.82. The quantitative estimate of drug-likeness (QED) is 0.406. The molecule has 4 rings (SSSR count). The van der Waals surface area contributed by atoms with Gasteiger partial charge in [0.25, 0.3) is 5.91 Å². The topological polar surface area (TPSA) is 66.4 Å². The van der Waals surface area contributed by atoms with Gasteiger partial charge in [0.2, 0.25) is 0 Å². The first-order chi connectivity index (χ1) is 15.1. The number of hydrogen-bond acceptors (Lipinski definition) is 2. The molecule has 4 nitrogen and oxygen atoms in total. The largest absolute Gasteiger partial charge is 0.481 e. The van der Waals surface area contributed by atoms with E-state index in [1.165, 1.54) is 19.3 Å². The highest BCUT2D eigenvalue weighted by Gasteiger charge is 2.47. The monoisotopic (exact) mass is 417 g/mol. The number of hydrogen-bond donors (Lipinski definition) is 2. The summed E-state index contributed by atoms with van der Waals surface area (Å²) in [6.45, 7) is 0. The second-order valence-corrected chi connectivity index (χ2v) is 8.93. The summed E-state index contributed by atoms with van der Waals surface area (Å²) in [5.74, 6) is 1.05. The van der Waals surface area contributed by atoms with E-state index in [4.69, 9.17) is 5.11 Å². The number of aliphatic carboxylic acids is 1. The zero-order valence-electron chi connectivity index (χ0n) is 17.9. The summed E-state index contributed by atoms with van der Waals surface area (Å²) in [4.78, 5) is 23.6. The zero-order chi connectivity index (χ0) is 21.6. The molecule has 162 valence electrons. The second-order valence-electron chi connectivity index (χ2n) is 8.93. The molecule has 2 N–H and O–H groups in total. The molecule has 0 unspecified atom stereocenters. The Morgan fingerprint density at radius 1 is 0.935 bits per heavy atom. The molecule has 0 aromatic heterocycles. The fraction of sp³-hybridized carbons (Fsp3) is 0.407. The summed E-state index contributed by atoms with van der Waals surface area (Å²) in [6, 6.07) is 18.3. The van der Waals surface area contributed by atoms with Gasteiger partial charge in [-0.15, -0.1) is 0 Å². The van der Waals surface area contributed by atoms with Gasteiger partial charge in [-0.05, 0) is 79.5 Å². The highest BCUT2D eigenvalue weighted by molar-refractivity contribution is 5.95. The molecule has 2 fully saturated rings. The van der Waals surface area contributed by atoms with Crippen LogP contribution in [0.3, 0.4) is 0 Å². The van der Waals surface area contributed by atoms with E-state index in [2.05, 4.69) is 29.6 Å². The summed E-state index contributed by atoms with van der Waals surface area (Å²) in [7, 11) is 0. The Labute approximate surface area is 184 Å². The van der Waals surface area contributed by atoms with Crippen molar-refractivity contribution in [2.24, 2.45) is 17.8 Å². The minimum atomic E-state index is -0.735. The number of nitrogens with one attached hydrogen (secondary N) is 1. The minimum Gasteiger partial charge on any atom is -0.481 e. The zero-order valence-corrected chi connectivity index (χ0v) is 17.9. The lowest BCUT2D eigenvalue weighted by molar-refractivity contribution is -0.137. The van der Waals surface area contributed by atoms with Gasteiger partial charge in [-0.25, -0.2) is 0 Å². The summed E-state index contributed by atoms with van der Waals surface area (Å²) in [5.41, 5.74) is 2.98. The summed E-state index contributed by atoms with van der Waals surface area (Å²) in [5, 5.41) is 12.1. The van der Waals surface area contributed by atoms with Crippen molar-refractivity contribution in [2.45, 2.75) is 51.0 Å². The molecule has 2 bridgehead atoms. The molecule has 31 heavy (non-hydrogen) atoms. The van der Waals surface area contributed by atoms with Crippen LogP contribution in [-0.2, 0) is 4.79 Å². The number of allylic oxidation sites excluding steroid dienone is 2. The molecule has 0 saturated heterocycles. The van der Waals surface area contributed by atoms with Crippen molar-refractivity contribution in [1.29, 1.82) is 0 Å². The fourth-order valence-electron chi connectivity index (χ4n) is 5.40. The number of carboxylic acid groups (broad SMARTS) is 1. The molecule has 0 aliphatic heterocycles. The molecule has 2 aromatic carbocycles. The van der Waals surface area contributed by atoms with Crippen molar-refractivity contribution in [3.63, 3.8) is 0 Å². The second kappa shape index (κ2) is 9.95. The number of amides is 1. The van der Waals surface area contributed by atoms with Gasteiger partial charge in [-0.2, -0.15) is 0 Å². The Kier molecular flexibility index (Phi) is 6.86. The van der Waals surface area contributed by atoms with Crippen LogP contribution < -0.4 is 5.32 Å². The van der Waals surface area contributed by atoms with Crippen LogP contribution in [-0.4, -0.2) is 23.0 Å². The molecule has 0 heterocycles. The van der Waals surface area contributed by atoms with Crippen molar-refractivity contribution < 1.29 is 14.7 Å². The van der Waals surface area contributed by atoms with Gasteiger partial charge < -0.3 is 10.4 Å².